The molecule has 0 bridgehead atoms. The van der Waals surface area contributed by atoms with Crippen LogP contribution in [0.25, 0.3) is 0 Å². The van der Waals surface area contributed by atoms with E-state index in [0.717, 1.165) is 32.4 Å². The quantitative estimate of drug-likeness (QED) is 0.713. The van der Waals surface area contributed by atoms with Crippen LogP contribution in [0.5, 0.6) is 0 Å². The molecular weight excluding hydrogens is 218 g/mol. The summed E-state index contributed by atoms with van der Waals surface area (Å²) in [5.74, 6) is 0. The van der Waals surface area contributed by atoms with Crippen LogP contribution in [0.1, 0.15) is 47.0 Å². The van der Waals surface area contributed by atoms with Crippen LogP contribution in [-0.2, 0) is 9.47 Å². The van der Waals surface area contributed by atoms with Crippen molar-refractivity contribution in [2.24, 2.45) is 0 Å². The van der Waals surface area contributed by atoms with Gasteiger partial charge in [0, 0.05) is 13.2 Å². The maximum Gasteiger partial charge on any atom is 0.410 e. The van der Waals surface area contributed by atoms with Crippen molar-refractivity contribution >= 4 is 6.09 Å². The Balaban J connectivity index is 2.27. The van der Waals surface area contributed by atoms with Crippen LogP contribution < -0.4 is 0 Å². The highest BCUT2D eigenvalue weighted by atomic mass is 16.6. The molecular formula is C13H25NO3. The van der Waals surface area contributed by atoms with Gasteiger partial charge in [0.1, 0.15) is 5.60 Å². The fourth-order valence-corrected chi connectivity index (χ4v) is 1.75. The molecule has 1 fully saturated rings. The molecule has 0 N–H and O–H groups in total. The van der Waals surface area contributed by atoms with Crippen molar-refractivity contribution in [2.45, 2.75) is 58.7 Å². The van der Waals surface area contributed by atoms with E-state index in [1.165, 1.54) is 0 Å². The molecule has 1 atom stereocenters. The van der Waals surface area contributed by atoms with Crippen LogP contribution in [0.4, 0.5) is 4.79 Å². The second-order valence-electron chi connectivity index (χ2n) is 5.56. The van der Waals surface area contributed by atoms with Crippen molar-refractivity contribution in [3.05, 3.63) is 0 Å². The molecule has 1 aliphatic heterocycles. The van der Waals surface area contributed by atoms with Crippen LogP contribution in [0, 0.1) is 0 Å². The zero-order chi connectivity index (χ0) is 12.9. The molecule has 1 amide bonds. The number of unbranched alkanes of at least 4 members (excludes halogenated alkanes) is 1. The van der Waals surface area contributed by atoms with E-state index >= 15 is 0 Å². The molecule has 0 saturated carbocycles. The van der Waals surface area contributed by atoms with Crippen molar-refractivity contribution < 1.29 is 14.3 Å². The van der Waals surface area contributed by atoms with E-state index < -0.39 is 5.60 Å². The third-order valence-corrected chi connectivity index (χ3v) is 2.65. The highest BCUT2D eigenvalue weighted by Gasteiger charge is 2.29. The van der Waals surface area contributed by atoms with Gasteiger partial charge in [0.05, 0.1) is 12.6 Å². The Morgan fingerprint density at radius 2 is 2.12 bits per heavy atom. The molecule has 1 aliphatic rings. The highest BCUT2D eigenvalue weighted by molar-refractivity contribution is 5.68. The summed E-state index contributed by atoms with van der Waals surface area (Å²) in [5.41, 5.74) is -0.418. The SMILES string of the molecule is CCCCO[C@@H]1CCN(C(=O)OC(C)(C)C)C1. The van der Waals surface area contributed by atoms with Gasteiger partial charge in [0.2, 0.25) is 0 Å². The molecule has 1 rings (SSSR count). The van der Waals surface area contributed by atoms with E-state index in [9.17, 15) is 4.79 Å². The third kappa shape index (κ3) is 5.39. The fraction of sp³-hybridized carbons (Fsp3) is 0.923. The summed E-state index contributed by atoms with van der Waals surface area (Å²) < 4.78 is 11.0. The molecule has 0 unspecified atom stereocenters. The van der Waals surface area contributed by atoms with Gasteiger partial charge in [-0.1, -0.05) is 13.3 Å². The van der Waals surface area contributed by atoms with Crippen LogP contribution in [0.15, 0.2) is 0 Å². The molecule has 1 heterocycles. The van der Waals surface area contributed by atoms with Gasteiger partial charge in [-0.25, -0.2) is 4.79 Å². The second kappa shape index (κ2) is 6.24. The van der Waals surface area contributed by atoms with E-state index in [4.69, 9.17) is 9.47 Å². The molecule has 100 valence electrons. The fourth-order valence-electron chi connectivity index (χ4n) is 1.75. The zero-order valence-electron chi connectivity index (χ0n) is 11.5. The molecule has 4 nitrogen and oxygen atoms in total. The summed E-state index contributed by atoms with van der Waals surface area (Å²) in [6.07, 6.45) is 3.11. The number of hydrogen-bond acceptors (Lipinski definition) is 3. The first-order valence-electron chi connectivity index (χ1n) is 6.52. The average Bonchev–Trinajstić information content (AvgIpc) is 2.64. The van der Waals surface area contributed by atoms with Gasteiger partial charge in [-0.15, -0.1) is 0 Å². The van der Waals surface area contributed by atoms with Gasteiger partial charge in [0.25, 0.3) is 0 Å². The lowest BCUT2D eigenvalue weighted by Gasteiger charge is -2.24. The minimum Gasteiger partial charge on any atom is -0.444 e. The summed E-state index contributed by atoms with van der Waals surface area (Å²) in [4.78, 5) is 13.5. The number of carbonyl (C=O) groups excluding carboxylic acids is 1. The Labute approximate surface area is 104 Å². The van der Waals surface area contributed by atoms with Crippen molar-refractivity contribution in [3.63, 3.8) is 0 Å². The normalized spacial score (nSPS) is 20.7. The number of ether oxygens (including phenoxy) is 2. The number of nitrogens with zero attached hydrogens (tertiary/aromatic N) is 1. The lowest BCUT2D eigenvalue weighted by atomic mass is 10.2. The van der Waals surface area contributed by atoms with E-state index in [1.807, 2.05) is 20.8 Å². The summed E-state index contributed by atoms with van der Waals surface area (Å²) in [7, 11) is 0. The molecule has 1 saturated heterocycles. The van der Waals surface area contributed by atoms with Crippen LogP contribution in [0.3, 0.4) is 0 Å². The Morgan fingerprint density at radius 1 is 1.41 bits per heavy atom. The Morgan fingerprint density at radius 3 is 2.71 bits per heavy atom. The molecule has 0 aliphatic carbocycles. The molecule has 0 radical (unpaired) electrons. The lowest BCUT2D eigenvalue weighted by molar-refractivity contribution is 0.0207. The smallest absolute Gasteiger partial charge is 0.410 e. The lowest BCUT2D eigenvalue weighted by Crippen LogP contribution is -2.36. The maximum atomic E-state index is 11.8. The second-order valence-corrected chi connectivity index (χ2v) is 5.56. The van der Waals surface area contributed by atoms with Crippen LogP contribution in [-0.4, -0.2) is 42.4 Å². The van der Waals surface area contributed by atoms with Crippen molar-refractivity contribution in [3.8, 4) is 0 Å². The molecule has 17 heavy (non-hydrogen) atoms. The summed E-state index contributed by atoms with van der Waals surface area (Å²) >= 11 is 0. The van der Waals surface area contributed by atoms with Crippen LogP contribution in [0.2, 0.25) is 0 Å². The number of rotatable bonds is 4. The Hall–Kier alpha value is -0.770. The zero-order valence-corrected chi connectivity index (χ0v) is 11.5. The topological polar surface area (TPSA) is 38.8 Å². The van der Waals surface area contributed by atoms with Crippen molar-refractivity contribution in [1.29, 1.82) is 0 Å². The Kier molecular flexibility index (Phi) is 5.25. The standard InChI is InChI=1S/C13H25NO3/c1-5-6-9-16-11-7-8-14(10-11)12(15)17-13(2,3)4/h11H,5-10H2,1-4H3/t11-/m1/s1. The van der Waals surface area contributed by atoms with E-state index in [-0.39, 0.29) is 12.2 Å². The number of amides is 1. The summed E-state index contributed by atoms with van der Waals surface area (Å²) in [5, 5.41) is 0. The van der Waals surface area contributed by atoms with E-state index in [0.29, 0.717) is 6.54 Å². The van der Waals surface area contributed by atoms with Crippen molar-refractivity contribution in [1.82, 2.24) is 4.90 Å². The number of hydrogen-bond donors (Lipinski definition) is 0. The largest absolute Gasteiger partial charge is 0.444 e. The monoisotopic (exact) mass is 243 g/mol. The minimum absolute atomic E-state index is 0.189. The summed E-state index contributed by atoms with van der Waals surface area (Å²) in [6, 6.07) is 0. The van der Waals surface area contributed by atoms with Crippen LogP contribution >= 0.6 is 0 Å². The molecule has 0 aromatic carbocycles. The third-order valence-electron chi connectivity index (χ3n) is 2.65. The van der Waals surface area contributed by atoms with Gasteiger partial charge >= 0.3 is 6.09 Å². The molecule has 0 aromatic heterocycles. The first-order valence-corrected chi connectivity index (χ1v) is 6.52. The van der Waals surface area contributed by atoms with Gasteiger partial charge in [-0.3, -0.25) is 0 Å². The highest BCUT2D eigenvalue weighted by Crippen LogP contribution is 2.17. The molecule has 4 heteroatoms. The average molecular weight is 243 g/mol. The van der Waals surface area contributed by atoms with E-state index in [1.54, 1.807) is 4.90 Å². The Bertz CT molecular complexity index is 248. The van der Waals surface area contributed by atoms with Gasteiger partial charge in [-0.2, -0.15) is 0 Å². The number of likely N-dealkylation sites (tertiary alicyclic amines) is 1. The van der Waals surface area contributed by atoms with E-state index in [2.05, 4.69) is 6.92 Å². The summed E-state index contributed by atoms with van der Waals surface area (Å²) in [6.45, 7) is 10.0. The van der Waals surface area contributed by atoms with Gasteiger partial charge in [-0.05, 0) is 33.6 Å². The maximum absolute atomic E-state index is 11.8. The predicted molar refractivity (Wildman–Crippen MR) is 67.1 cm³/mol. The molecule has 0 spiro atoms. The van der Waals surface area contributed by atoms with Gasteiger partial charge < -0.3 is 14.4 Å². The first-order chi connectivity index (χ1) is 7.92. The van der Waals surface area contributed by atoms with Crippen molar-refractivity contribution in [2.75, 3.05) is 19.7 Å². The predicted octanol–water partition coefficient (Wildman–Crippen LogP) is 2.81. The molecule has 0 aromatic rings. The number of carbonyl (C=O) groups is 1. The van der Waals surface area contributed by atoms with Gasteiger partial charge in [0.15, 0.2) is 0 Å². The minimum atomic E-state index is -0.418. The first kappa shape index (κ1) is 14.3.